The van der Waals surface area contributed by atoms with Crippen molar-refractivity contribution < 1.29 is 20.1 Å². The number of nitrogens with zero attached hydrogens (tertiary/aromatic N) is 3. The third-order valence-electron chi connectivity index (χ3n) is 3.48. The van der Waals surface area contributed by atoms with E-state index < -0.39 is 36.2 Å². The molecule has 1 fully saturated rings. The van der Waals surface area contributed by atoms with Crippen LogP contribution in [0.4, 0.5) is 5.95 Å². The molecule has 114 valence electrons. The Morgan fingerprint density at radius 2 is 2.19 bits per heavy atom. The molecule has 6 N–H and O–H groups in total. The second-order valence-corrected chi connectivity index (χ2v) is 4.99. The van der Waals surface area contributed by atoms with Crippen molar-refractivity contribution >= 4 is 17.1 Å². The number of nitrogen functional groups attached to an aromatic ring is 1. The number of nitrogens with one attached hydrogen (secondary N) is 1. The van der Waals surface area contributed by atoms with Crippen molar-refractivity contribution in [2.24, 2.45) is 0 Å². The smallest absolute Gasteiger partial charge is 0.280 e. The maximum absolute atomic E-state index is 11.7. The molecule has 0 amide bonds. The minimum Gasteiger partial charge on any atom is -0.391 e. The predicted octanol–water partition coefficient (Wildman–Crippen LogP) is -2.30. The van der Waals surface area contributed by atoms with Crippen LogP contribution in [-0.4, -0.2) is 59.3 Å². The molecule has 10 heteroatoms. The van der Waals surface area contributed by atoms with Crippen molar-refractivity contribution in [3.05, 3.63) is 16.7 Å². The van der Waals surface area contributed by atoms with E-state index in [2.05, 4.69) is 15.0 Å². The van der Waals surface area contributed by atoms with Gasteiger partial charge in [0.25, 0.3) is 5.56 Å². The van der Waals surface area contributed by atoms with Crippen LogP contribution in [0, 0.1) is 0 Å². The molecule has 0 bridgehead atoms. The lowest BCUT2D eigenvalue weighted by Crippen LogP contribution is -2.37. The number of anilines is 1. The highest BCUT2D eigenvalue weighted by Crippen LogP contribution is 2.32. The Labute approximate surface area is 117 Å². The molecular formula is C11H15N5O5. The highest BCUT2D eigenvalue weighted by molar-refractivity contribution is 5.70. The summed E-state index contributed by atoms with van der Waals surface area (Å²) in [5.41, 5.74) is 5.13. The van der Waals surface area contributed by atoms with Gasteiger partial charge in [-0.3, -0.25) is 14.3 Å². The third-order valence-corrected chi connectivity index (χ3v) is 3.48. The number of hydrogen-bond acceptors (Lipinski definition) is 8. The van der Waals surface area contributed by atoms with Crippen molar-refractivity contribution in [2.75, 3.05) is 5.73 Å². The van der Waals surface area contributed by atoms with Crippen LogP contribution < -0.4 is 11.3 Å². The van der Waals surface area contributed by atoms with Crippen LogP contribution in [0.3, 0.4) is 0 Å². The molecule has 1 saturated heterocycles. The first-order chi connectivity index (χ1) is 9.90. The van der Waals surface area contributed by atoms with E-state index in [0.717, 1.165) is 0 Å². The minimum absolute atomic E-state index is 0.0370. The largest absolute Gasteiger partial charge is 0.391 e. The van der Waals surface area contributed by atoms with E-state index in [-0.39, 0.29) is 17.1 Å². The number of imidazole rings is 1. The molecule has 1 unspecified atom stereocenters. The van der Waals surface area contributed by atoms with E-state index >= 15 is 0 Å². The fourth-order valence-electron chi connectivity index (χ4n) is 2.44. The summed E-state index contributed by atoms with van der Waals surface area (Å²) in [6.07, 6.45) is -4.27. The Hall–Kier alpha value is -2.01. The van der Waals surface area contributed by atoms with Crippen LogP contribution in [0.25, 0.3) is 11.2 Å². The predicted molar refractivity (Wildman–Crippen MR) is 70.2 cm³/mol. The van der Waals surface area contributed by atoms with Crippen LogP contribution in [0.2, 0.25) is 0 Å². The van der Waals surface area contributed by atoms with Crippen molar-refractivity contribution in [1.29, 1.82) is 0 Å². The Kier molecular flexibility index (Phi) is 3.17. The van der Waals surface area contributed by atoms with Crippen LogP contribution >= 0.6 is 0 Å². The molecule has 1 aliphatic heterocycles. The van der Waals surface area contributed by atoms with Crippen LogP contribution in [0.15, 0.2) is 11.1 Å². The van der Waals surface area contributed by atoms with E-state index in [1.165, 1.54) is 17.8 Å². The second kappa shape index (κ2) is 4.77. The van der Waals surface area contributed by atoms with Crippen LogP contribution in [-0.2, 0) is 4.74 Å². The first-order valence-corrected chi connectivity index (χ1v) is 6.32. The summed E-state index contributed by atoms with van der Waals surface area (Å²) >= 11 is 0. The number of rotatable bonds is 2. The molecule has 5 atom stereocenters. The number of nitrogens with two attached hydrogens (primary N) is 1. The zero-order chi connectivity index (χ0) is 15.3. The molecule has 0 aliphatic carbocycles. The summed E-state index contributed by atoms with van der Waals surface area (Å²) < 4.78 is 6.76. The maximum atomic E-state index is 11.7. The van der Waals surface area contributed by atoms with Crippen LogP contribution in [0.1, 0.15) is 13.2 Å². The molecular weight excluding hydrogens is 282 g/mol. The molecule has 3 heterocycles. The number of H-pyrrole nitrogens is 1. The molecule has 0 radical (unpaired) electrons. The second-order valence-electron chi connectivity index (χ2n) is 4.99. The van der Waals surface area contributed by atoms with Crippen molar-refractivity contribution in [3.8, 4) is 0 Å². The van der Waals surface area contributed by atoms with Gasteiger partial charge in [-0.2, -0.15) is 4.98 Å². The SMILES string of the molecule is CC(O)[C@@H]1O[C@H](n2cnc3c(=O)[nH]c(N)nc32)[C@@H](O)[C@H]1O. The Morgan fingerprint density at radius 3 is 2.81 bits per heavy atom. The van der Waals surface area contributed by atoms with Gasteiger partial charge in [-0.25, -0.2) is 4.98 Å². The maximum Gasteiger partial charge on any atom is 0.280 e. The van der Waals surface area contributed by atoms with Gasteiger partial charge in [0, 0.05) is 0 Å². The summed E-state index contributed by atoms with van der Waals surface area (Å²) in [6, 6.07) is 0. The Morgan fingerprint density at radius 1 is 1.48 bits per heavy atom. The van der Waals surface area contributed by atoms with Crippen molar-refractivity contribution in [2.45, 2.75) is 37.6 Å². The van der Waals surface area contributed by atoms with Gasteiger partial charge in [-0.15, -0.1) is 0 Å². The quantitative estimate of drug-likeness (QED) is 0.414. The monoisotopic (exact) mass is 297 g/mol. The lowest BCUT2D eigenvalue weighted by molar-refractivity contribution is -0.0777. The molecule has 10 nitrogen and oxygen atoms in total. The van der Waals surface area contributed by atoms with Gasteiger partial charge in [0.05, 0.1) is 12.4 Å². The van der Waals surface area contributed by atoms with Crippen molar-refractivity contribution in [3.63, 3.8) is 0 Å². The first-order valence-electron chi connectivity index (χ1n) is 6.32. The summed E-state index contributed by atoms with van der Waals surface area (Å²) in [5, 5.41) is 29.5. The molecule has 0 aromatic carbocycles. The number of aromatic amines is 1. The minimum atomic E-state index is -1.30. The van der Waals surface area contributed by atoms with Gasteiger partial charge in [-0.1, -0.05) is 0 Å². The number of aliphatic hydroxyl groups excluding tert-OH is 3. The van der Waals surface area contributed by atoms with Gasteiger partial charge in [0.1, 0.15) is 18.3 Å². The average molecular weight is 297 g/mol. The molecule has 1 aliphatic rings. The number of aromatic nitrogens is 4. The molecule has 0 spiro atoms. The zero-order valence-corrected chi connectivity index (χ0v) is 11.0. The lowest BCUT2D eigenvalue weighted by Gasteiger charge is -2.17. The summed E-state index contributed by atoms with van der Waals surface area (Å²) in [5.74, 6) is -0.102. The van der Waals surface area contributed by atoms with Gasteiger partial charge in [-0.05, 0) is 6.92 Å². The Balaban J connectivity index is 2.07. The molecule has 2 aromatic rings. The van der Waals surface area contributed by atoms with Crippen molar-refractivity contribution in [1.82, 2.24) is 19.5 Å². The van der Waals surface area contributed by atoms with Crippen LogP contribution in [0.5, 0.6) is 0 Å². The number of ether oxygens (including phenoxy) is 1. The molecule has 2 aromatic heterocycles. The fraction of sp³-hybridized carbons (Fsp3) is 0.545. The van der Waals surface area contributed by atoms with E-state index in [1.54, 1.807) is 0 Å². The lowest BCUT2D eigenvalue weighted by atomic mass is 10.1. The van der Waals surface area contributed by atoms with Gasteiger partial charge >= 0.3 is 0 Å². The van der Waals surface area contributed by atoms with Gasteiger partial charge in [0.15, 0.2) is 17.4 Å². The summed E-state index contributed by atoms with van der Waals surface area (Å²) in [4.78, 5) is 21.9. The highest BCUT2D eigenvalue weighted by Gasteiger charge is 2.46. The molecule has 0 saturated carbocycles. The van der Waals surface area contributed by atoms with Gasteiger partial charge < -0.3 is 25.8 Å². The van der Waals surface area contributed by atoms with E-state index in [9.17, 15) is 20.1 Å². The third kappa shape index (κ3) is 2.08. The first kappa shape index (κ1) is 13.9. The number of fused-ring (bicyclic) bond motifs is 1. The summed E-state index contributed by atoms with van der Waals surface area (Å²) in [7, 11) is 0. The Bertz CT molecular complexity index is 725. The summed E-state index contributed by atoms with van der Waals surface area (Å²) in [6.45, 7) is 1.44. The normalized spacial score (nSPS) is 30.9. The average Bonchev–Trinajstić information content (AvgIpc) is 2.93. The zero-order valence-electron chi connectivity index (χ0n) is 11.0. The fourth-order valence-corrected chi connectivity index (χ4v) is 2.44. The highest BCUT2D eigenvalue weighted by atomic mass is 16.6. The molecule has 3 rings (SSSR count). The van der Waals surface area contributed by atoms with E-state index in [1.807, 2.05) is 0 Å². The van der Waals surface area contributed by atoms with E-state index in [0.29, 0.717) is 0 Å². The number of hydrogen-bond donors (Lipinski definition) is 5. The van der Waals surface area contributed by atoms with Gasteiger partial charge in [0.2, 0.25) is 5.95 Å². The molecule has 21 heavy (non-hydrogen) atoms. The standard InChI is InChI=1S/C11H15N5O5/c1-3(17)7-5(18)6(19)10(21-7)16-2-13-4-8(16)14-11(12)15-9(4)20/h2-3,5-7,10,17-19H,1H3,(H3,12,14,15,20)/t3?,5-,6+,7+,10+/m1/s1. The number of aliphatic hydroxyl groups is 3. The van der Waals surface area contributed by atoms with E-state index in [4.69, 9.17) is 10.5 Å². The topological polar surface area (TPSA) is 160 Å².